The van der Waals surface area contributed by atoms with Crippen molar-refractivity contribution in [1.29, 1.82) is 0 Å². The van der Waals surface area contributed by atoms with Crippen LogP contribution in [0.15, 0.2) is 17.1 Å². The van der Waals surface area contributed by atoms with Crippen LogP contribution in [-0.2, 0) is 28.5 Å². The number of amides is 1. The minimum Gasteiger partial charge on any atom is -0.379 e. The maximum absolute atomic E-state index is 13.1. The maximum Gasteiger partial charge on any atom is 0.351 e. The van der Waals surface area contributed by atoms with E-state index in [1.165, 1.54) is 11.5 Å². The fourth-order valence-electron chi connectivity index (χ4n) is 4.41. The highest BCUT2D eigenvalue weighted by Gasteiger charge is 2.44. The SMILES string of the molecule is CCCCOC[C@H]1O[C@@H](n2ccc(NC(C)=O)nc2=O)C[C@H](OCCCC)[C@@H](OCCCC)[C@@H]1OCCCC. The summed E-state index contributed by atoms with van der Waals surface area (Å²) >= 11 is 0. The second kappa shape index (κ2) is 19.3. The van der Waals surface area contributed by atoms with E-state index in [1.54, 1.807) is 12.3 Å². The first kappa shape index (κ1) is 33.4. The number of hydrogen-bond donors (Lipinski definition) is 1. The van der Waals surface area contributed by atoms with Gasteiger partial charge in [-0.15, -0.1) is 0 Å². The van der Waals surface area contributed by atoms with Crippen LogP contribution < -0.4 is 11.0 Å². The van der Waals surface area contributed by atoms with Crippen molar-refractivity contribution in [1.82, 2.24) is 9.55 Å². The van der Waals surface area contributed by atoms with Gasteiger partial charge in [0.15, 0.2) is 0 Å². The van der Waals surface area contributed by atoms with Crippen molar-refractivity contribution < 1.29 is 28.5 Å². The second-order valence-corrected chi connectivity index (χ2v) is 10.1. The predicted octanol–water partition coefficient (Wildman–Crippen LogP) is 4.86. The third kappa shape index (κ3) is 11.7. The minimum atomic E-state index is -0.667. The average molecular weight is 554 g/mol. The Bertz CT molecular complexity index is 866. The van der Waals surface area contributed by atoms with Gasteiger partial charge in [0.1, 0.15) is 30.4 Å². The summed E-state index contributed by atoms with van der Waals surface area (Å²) in [5.41, 5.74) is -0.516. The van der Waals surface area contributed by atoms with Gasteiger partial charge in [0, 0.05) is 46.0 Å². The van der Waals surface area contributed by atoms with E-state index in [2.05, 4.69) is 38.0 Å². The van der Waals surface area contributed by atoms with Gasteiger partial charge in [-0.2, -0.15) is 4.98 Å². The first-order valence-corrected chi connectivity index (χ1v) is 14.9. The van der Waals surface area contributed by atoms with Crippen LogP contribution in [-0.4, -0.2) is 72.9 Å². The summed E-state index contributed by atoms with van der Waals surface area (Å²) < 4.78 is 33.5. The van der Waals surface area contributed by atoms with Crippen LogP contribution >= 0.6 is 0 Å². The van der Waals surface area contributed by atoms with Crippen molar-refractivity contribution in [2.45, 2.75) is 123 Å². The molecule has 10 heteroatoms. The van der Waals surface area contributed by atoms with Gasteiger partial charge in [-0.1, -0.05) is 53.4 Å². The lowest BCUT2D eigenvalue weighted by atomic mass is 10.0. The molecule has 0 saturated carbocycles. The Labute approximate surface area is 234 Å². The molecule has 39 heavy (non-hydrogen) atoms. The van der Waals surface area contributed by atoms with Crippen LogP contribution in [0.4, 0.5) is 5.82 Å². The molecule has 1 fully saturated rings. The van der Waals surface area contributed by atoms with Crippen molar-refractivity contribution in [3.63, 3.8) is 0 Å². The van der Waals surface area contributed by atoms with Crippen molar-refractivity contribution in [3.8, 4) is 0 Å². The smallest absolute Gasteiger partial charge is 0.351 e. The molecule has 1 aliphatic rings. The molecule has 1 aliphatic heterocycles. The first-order valence-electron chi connectivity index (χ1n) is 14.9. The zero-order chi connectivity index (χ0) is 28.5. The summed E-state index contributed by atoms with van der Waals surface area (Å²) in [5, 5.41) is 2.56. The Kier molecular flexibility index (Phi) is 16.5. The average Bonchev–Trinajstić information content (AvgIpc) is 3.04. The van der Waals surface area contributed by atoms with Gasteiger partial charge in [-0.3, -0.25) is 9.36 Å². The summed E-state index contributed by atoms with van der Waals surface area (Å²) in [5.74, 6) is -0.0905. The Morgan fingerprint density at radius 2 is 1.54 bits per heavy atom. The van der Waals surface area contributed by atoms with Crippen molar-refractivity contribution in [2.75, 3.05) is 38.4 Å². The predicted molar refractivity (Wildman–Crippen MR) is 151 cm³/mol. The maximum atomic E-state index is 13.1. The van der Waals surface area contributed by atoms with E-state index in [9.17, 15) is 9.59 Å². The molecule has 0 aromatic carbocycles. The summed E-state index contributed by atoms with van der Waals surface area (Å²) in [7, 11) is 0. The number of unbranched alkanes of at least 4 members (excludes halogenated alkanes) is 4. The molecule has 2 rings (SSSR count). The molecule has 5 atom stereocenters. The quantitative estimate of drug-likeness (QED) is 0.242. The second-order valence-electron chi connectivity index (χ2n) is 10.1. The number of aromatic nitrogens is 2. The number of nitrogens with one attached hydrogen (secondary N) is 1. The van der Waals surface area contributed by atoms with Gasteiger partial charge in [-0.25, -0.2) is 4.79 Å². The van der Waals surface area contributed by atoms with Gasteiger partial charge in [0.05, 0.1) is 12.7 Å². The van der Waals surface area contributed by atoms with Gasteiger partial charge >= 0.3 is 5.69 Å². The highest BCUT2D eigenvalue weighted by Crippen LogP contribution is 2.32. The lowest BCUT2D eigenvalue weighted by Gasteiger charge is -2.34. The largest absolute Gasteiger partial charge is 0.379 e. The summed E-state index contributed by atoms with van der Waals surface area (Å²) in [6, 6.07) is 1.60. The molecule has 224 valence electrons. The molecule has 0 radical (unpaired) electrons. The molecule has 0 spiro atoms. The molecule has 0 aliphatic carbocycles. The number of carbonyl (C=O) groups is 1. The fraction of sp³-hybridized carbons (Fsp3) is 0.828. The Balaban J connectivity index is 2.45. The molecule has 1 aromatic heterocycles. The fourth-order valence-corrected chi connectivity index (χ4v) is 4.41. The summed E-state index contributed by atoms with van der Waals surface area (Å²) in [4.78, 5) is 28.6. The molecule has 1 saturated heterocycles. The minimum absolute atomic E-state index is 0.203. The molecular formula is C29H51N3O7. The van der Waals surface area contributed by atoms with Crippen LogP contribution in [0, 0.1) is 0 Å². The van der Waals surface area contributed by atoms with Crippen LogP contribution in [0.3, 0.4) is 0 Å². The molecule has 0 bridgehead atoms. The van der Waals surface area contributed by atoms with Gasteiger partial charge in [0.25, 0.3) is 0 Å². The van der Waals surface area contributed by atoms with E-state index in [4.69, 9.17) is 23.7 Å². The van der Waals surface area contributed by atoms with Crippen molar-refractivity contribution in [3.05, 3.63) is 22.7 Å². The van der Waals surface area contributed by atoms with Gasteiger partial charge in [-0.05, 0) is 31.7 Å². The normalized spacial score (nSPS) is 23.5. The highest BCUT2D eigenvalue weighted by molar-refractivity contribution is 5.87. The number of hydrogen-bond acceptors (Lipinski definition) is 8. The summed E-state index contributed by atoms with van der Waals surface area (Å²) in [6.07, 6.45) is 7.47. The Morgan fingerprint density at radius 3 is 2.13 bits per heavy atom. The Hall–Kier alpha value is -1.85. The number of anilines is 1. The highest BCUT2D eigenvalue weighted by atomic mass is 16.6. The Morgan fingerprint density at radius 1 is 0.949 bits per heavy atom. The number of rotatable bonds is 19. The monoisotopic (exact) mass is 553 g/mol. The number of carbonyl (C=O) groups excluding carboxylic acids is 1. The van der Waals surface area contributed by atoms with E-state index in [-0.39, 0.29) is 23.9 Å². The topological polar surface area (TPSA) is 110 Å². The third-order valence-electron chi connectivity index (χ3n) is 6.64. The van der Waals surface area contributed by atoms with Crippen molar-refractivity contribution in [2.24, 2.45) is 0 Å². The molecule has 1 N–H and O–H groups in total. The van der Waals surface area contributed by atoms with E-state index in [0.717, 1.165) is 51.4 Å². The van der Waals surface area contributed by atoms with E-state index < -0.39 is 24.1 Å². The van der Waals surface area contributed by atoms with Crippen LogP contribution in [0.1, 0.15) is 98.6 Å². The lowest BCUT2D eigenvalue weighted by molar-refractivity contribution is -0.176. The summed E-state index contributed by atoms with van der Waals surface area (Å²) in [6.45, 7) is 12.6. The molecule has 2 heterocycles. The number of ether oxygens (including phenoxy) is 5. The molecule has 1 amide bonds. The number of nitrogens with zero attached hydrogens (tertiary/aromatic N) is 2. The van der Waals surface area contributed by atoms with Crippen molar-refractivity contribution >= 4 is 11.7 Å². The first-order chi connectivity index (χ1) is 18.9. The zero-order valence-corrected chi connectivity index (χ0v) is 24.7. The molecule has 1 aromatic rings. The van der Waals surface area contributed by atoms with Gasteiger partial charge < -0.3 is 29.0 Å². The van der Waals surface area contributed by atoms with Crippen LogP contribution in [0.5, 0.6) is 0 Å². The molecular weight excluding hydrogens is 502 g/mol. The van der Waals surface area contributed by atoms with E-state index in [0.29, 0.717) is 39.5 Å². The van der Waals surface area contributed by atoms with Crippen LogP contribution in [0.25, 0.3) is 0 Å². The van der Waals surface area contributed by atoms with E-state index in [1.807, 2.05) is 0 Å². The van der Waals surface area contributed by atoms with Gasteiger partial charge in [0.2, 0.25) is 5.91 Å². The third-order valence-corrected chi connectivity index (χ3v) is 6.64. The van der Waals surface area contributed by atoms with Crippen LogP contribution in [0.2, 0.25) is 0 Å². The molecule has 10 nitrogen and oxygen atoms in total. The molecule has 0 unspecified atom stereocenters. The zero-order valence-electron chi connectivity index (χ0n) is 24.7. The lowest BCUT2D eigenvalue weighted by Crippen LogP contribution is -2.49. The van der Waals surface area contributed by atoms with E-state index >= 15 is 0 Å². The standard InChI is InChI=1S/C29H51N3O7/c1-6-10-16-35-21-24-28(38-19-13-9-4)27(37-18-12-8-3)23(36-17-11-7-2)20-26(39-24)32-15-14-25(30-22(5)33)31-29(32)34/h14-15,23-24,26-28H,6-13,16-21H2,1-5H3,(H,30,31,33,34)/t23-,24+,26+,27+,28+/m0/s1.